The molecule has 0 radical (unpaired) electrons. The number of halogens is 1. The SMILES string of the molecule is Cc1cc(Br)ccc1NC(=O)NCCC(C)C. The van der Waals surface area contributed by atoms with E-state index < -0.39 is 0 Å². The summed E-state index contributed by atoms with van der Waals surface area (Å²) in [6, 6.07) is 5.64. The lowest BCUT2D eigenvalue weighted by Crippen LogP contribution is -2.30. The van der Waals surface area contributed by atoms with Gasteiger partial charge in [-0.3, -0.25) is 0 Å². The molecule has 0 fully saturated rings. The predicted molar refractivity (Wildman–Crippen MR) is 75.4 cm³/mol. The minimum absolute atomic E-state index is 0.143. The van der Waals surface area contributed by atoms with Crippen molar-refractivity contribution in [1.29, 1.82) is 0 Å². The van der Waals surface area contributed by atoms with Gasteiger partial charge >= 0.3 is 6.03 Å². The van der Waals surface area contributed by atoms with Crippen LogP contribution in [0.15, 0.2) is 22.7 Å². The van der Waals surface area contributed by atoms with E-state index in [9.17, 15) is 4.79 Å². The zero-order chi connectivity index (χ0) is 12.8. The van der Waals surface area contributed by atoms with Gasteiger partial charge in [0.25, 0.3) is 0 Å². The highest BCUT2D eigenvalue weighted by Gasteiger charge is 2.04. The number of carbonyl (C=O) groups excluding carboxylic acids is 1. The van der Waals surface area contributed by atoms with Gasteiger partial charge in [-0.2, -0.15) is 0 Å². The van der Waals surface area contributed by atoms with Crippen LogP contribution in [0.4, 0.5) is 10.5 Å². The lowest BCUT2D eigenvalue weighted by Gasteiger charge is -2.11. The molecule has 0 aliphatic rings. The first-order valence-electron chi connectivity index (χ1n) is 5.80. The van der Waals surface area contributed by atoms with Crippen LogP contribution in [0.5, 0.6) is 0 Å². The molecule has 0 aromatic heterocycles. The standard InChI is InChI=1S/C13H19BrN2O/c1-9(2)6-7-15-13(17)16-12-5-4-11(14)8-10(12)3/h4-5,8-9H,6-7H2,1-3H3,(H2,15,16,17). The summed E-state index contributed by atoms with van der Waals surface area (Å²) in [5, 5.41) is 5.68. The Balaban J connectivity index is 2.45. The largest absolute Gasteiger partial charge is 0.338 e. The Morgan fingerprint density at radius 2 is 2.12 bits per heavy atom. The minimum atomic E-state index is -0.143. The third kappa shape index (κ3) is 5.22. The highest BCUT2D eigenvalue weighted by molar-refractivity contribution is 9.10. The molecule has 17 heavy (non-hydrogen) atoms. The molecule has 2 N–H and O–H groups in total. The summed E-state index contributed by atoms with van der Waals surface area (Å²) in [7, 11) is 0. The lowest BCUT2D eigenvalue weighted by molar-refractivity contribution is 0.251. The summed E-state index contributed by atoms with van der Waals surface area (Å²) in [5.74, 6) is 0.602. The predicted octanol–water partition coefficient (Wildman–Crippen LogP) is 3.93. The molecule has 0 saturated heterocycles. The molecule has 0 saturated carbocycles. The Morgan fingerprint density at radius 3 is 2.71 bits per heavy atom. The zero-order valence-corrected chi connectivity index (χ0v) is 12.1. The molecule has 0 unspecified atom stereocenters. The summed E-state index contributed by atoms with van der Waals surface area (Å²) in [6.45, 7) is 6.95. The van der Waals surface area contributed by atoms with Crippen molar-refractivity contribution in [3.05, 3.63) is 28.2 Å². The summed E-state index contributed by atoms with van der Waals surface area (Å²) < 4.78 is 1.01. The fourth-order valence-corrected chi connectivity index (χ4v) is 1.88. The van der Waals surface area contributed by atoms with Crippen LogP contribution < -0.4 is 10.6 Å². The number of amides is 2. The van der Waals surface area contributed by atoms with Gasteiger partial charge in [-0.25, -0.2) is 4.79 Å². The van der Waals surface area contributed by atoms with E-state index in [1.807, 2.05) is 25.1 Å². The van der Waals surface area contributed by atoms with Crippen LogP contribution in [0.2, 0.25) is 0 Å². The smallest absolute Gasteiger partial charge is 0.319 e. The Bertz CT molecular complexity index is 391. The number of anilines is 1. The molecule has 0 atom stereocenters. The van der Waals surface area contributed by atoms with Crippen molar-refractivity contribution in [2.24, 2.45) is 5.92 Å². The molecule has 0 heterocycles. The van der Waals surface area contributed by atoms with Crippen LogP contribution in [0.1, 0.15) is 25.8 Å². The number of benzene rings is 1. The van der Waals surface area contributed by atoms with Gasteiger partial charge in [-0.15, -0.1) is 0 Å². The van der Waals surface area contributed by atoms with Gasteiger partial charge in [0.15, 0.2) is 0 Å². The molecule has 0 bridgehead atoms. The minimum Gasteiger partial charge on any atom is -0.338 e. The van der Waals surface area contributed by atoms with Gasteiger partial charge in [0.2, 0.25) is 0 Å². The van der Waals surface area contributed by atoms with E-state index >= 15 is 0 Å². The third-order valence-corrected chi connectivity index (χ3v) is 2.94. The number of aryl methyl sites for hydroxylation is 1. The fourth-order valence-electron chi connectivity index (χ4n) is 1.41. The molecule has 0 aliphatic heterocycles. The van der Waals surface area contributed by atoms with E-state index in [4.69, 9.17) is 0 Å². The third-order valence-electron chi connectivity index (χ3n) is 2.44. The molecule has 1 rings (SSSR count). The van der Waals surface area contributed by atoms with Gasteiger partial charge < -0.3 is 10.6 Å². The number of hydrogen-bond acceptors (Lipinski definition) is 1. The maximum Gasteiger partial charge on any atom is 0.319 e. The fraction of sp³-hybridized carbons (Fsp3) is 0.462. The van der Waals surface area contributed by atoms with Crippen molar-refractivity contribution in [1.82, 2.24) is 5.32 Å². The van der Waals surface area contributed by atoms with Crippen LogP contribution in [-0.4, -0.2) is 12.6 Å². The summed E-state index contributed by atoms with van der Waals surface area (Å²) in [4.78, 5) is 11.6. The van der Waals surface area contributed by atoms with Crippen molar-refractivity contribution in [3.8, 4) is 0 Å². The molecule has 0 aliphatic carbocycles. The quantitative estimate of drug-likeness (QED) is 0.869. The Labute approximate surface area is 111 Å². The maximum atomic E-state index is 11.6. The second kappa shape index (κ2) is 6.64. The molecular weight excluding hydrogens is 280 g/mol. The van der Waals surface area contributed by atoms with Crippen molar-refractivity contribution >= 4 is 27.6 Å². The van der Waals surface area contributed by atoms with E-state index in [1.165, 1.54) is 0 Å². The zero-order valence-electron chi connectivity index (χ0n) is 10.5. The first-order chi connectivity index (χ1) is 7.99. The van der Waals surface area contributed by atoms with Gasteiger partial charge in [0.1, 0.15) is 0 Å². The summed E-state index contributed by atoms with van der Waals surface area (Å²) in [5.41, 5.74) is 1.88. The molecule has 1 aromatic rings. The monoisotopic (exact) mass is 298 g/mol. The van der Waals surface area contributed by atoms with Crippen LogP contribution >= 0.6 is 15.9 Å². The summed E-state index contributed by atoms with van der Waals surface area (Å²) >= 11 is 3.39. The molecule has 94 valence electrons. The Hall–Kier alpha value is -1.03. The second-order valence-corrected chi connectivity index (χ2v) is 5.44. The Kier molecular flexibility index (Phi) is 5.48. The topological polar surface area (TPSA) is 41.1 Å². The van der Waals surface area contributed by atoms with Crippen LogP contribution in [0, 0.1) is 12.8 Å². The Morgan fingerprint density at radius 1 is 1.41 bits per heavy atom. The number of carbonyl (C=O) groups is 1. The van der Waals surface area contributed by atoms with Gasteiger partial charge in [-0.05, 0) is 43.0 Å². The van der Waals surface area contributed by atoms with Gasteiger partial charge in [-0.1, -0.05) is 29.8 Å². The van der Waals surface area contributed by atoms with E-state index in [0.717, 1.165) is 22.1 Å². The van der Waals surface area contributed by atoms with Crippen molar-refractivity contribution in [2.75, 3.05) is 11.9 Å². The molecule has 2 amide bonds. The van der Waals surface area contributed by atoms with Crippen molar-refractivity contribution in [3.63, 3.8) is 0 Å². The van der Waals surface area contributed by atoms with Crippen LogP contribution in [0.25, 0.3) is 0 Å². The molecule has 3 nitrogen and oxygen atoms in total. The number of urea groups is 1. The van der Waals surface area contributed by atoms with E-state index in [1.54, 1.807) is 0 Å². The molecule has 4 heteroatoms. The van der Waals surface area contributed by atoms with Crippen molar-refractivity contribution in [2.45, 2.75) is 27.2 Å². The van der Waals surface area contributed by atoms with Crippen LogP contribution in [-0.2, 0) is 0 Å². The second-order valence-electron chi connectivity index (χ2n) is 4.52. The number of hydrogen-bond donors (Lipinski definition) is 2. The van der Waals surface area contributed by atoms with E-state index in [-0.39, 0.29) is 6.03 Å². The summed E-state index contributed by atoms with van der Waals surface area (Å²) in [6.07, 6.45) is 0.993. The molecular formula is C13H19BrN2O. The normalized spacial score (nSPS) is 10.4. The number of nitrogens with one attached hydrogen (secondary N) is 2. The highest BCUT2D eigenvalue weighted by Crippen LogP contribution is 2.19. The maximum absolute atomic E-state index is 11.6. The molecule has 1 aromatic carbocycles. The van der Waals surface area contributed by atoms with Gasteiger partial charge in [0.05, 0.1) is 0 Å². The van der Waals surface area contributed by atoms with E-state index in [0.29, 0.717) is 12.5 Å². The first-order valence-corrected chi connectivity index (χ1v) is 6.59. The first kappa shape index (κ1) is 14.0. The molecule has 0 spiro atoms. The lowest BCUT2D eigenvalue weighted by atomic mass is 10.1. The van der Waals surface area contributed by atoms with E-state index in [2.05, 4.69) is 40.4 Å². The van der Waals surface area contributed by atoms with Crippen LogP contribution in [0.3, 0.4) is 0 Å². The highest BCUT2D eigenvalue weighted by atomic mass is 79.9. The van der Waals surface area contributed by atoms with Gasteiger partial charge in [0, 0.05) is 16.7 Å². The average Bonchev–Trinajstić information content (AvgIpc) is 2.21. The average molecular weight is 299 g/mol. The van der Waals surface area contributed by atoms with Crippen molar-refractivity contribution < 1.29 is 4.79 Å². The number of rotatable bonds is 4.